The van der Waals surface area contributed by atoms with Crippen molar-refractivity contribution in [3.05, 3.63) is 28.8 Å². The molecule has 0 bridgehead atoms. The molecule has 3 nitrogen and oxygen atoms in total. The van der Waals surface area contributed by atoms with Gasteiger partial charge in [-0.3, -0.25) is 0 Å². The molecule has 3 heteroatoms. The molecule has 0 aliphatic carbocycles. The van der Waals surface area contributed by atoms with Crippen molar-refractivity contribution in [3.63, 3.8) is 0 Å². The molecule has 0 radical (unpaired) electrons. The van der Waals surface area contributed by atoms with Gasteiger partial charge in [-0.25, -0.2) is 0 Å². The molecule has 2 unspecified atom stereocenters. The molecule has 0 aromatic heterocycles. The Kier molecular flexibility index (Phi) is 2.37. The van der Waals surface area contributed by atoms with Gasteiger partial charge in [-0.2, -0.15) is 0 Å². The molecule has 0 aromatic carbocycles. The number of rotatable bonds is 1. The van der Waals surface area contributed by atoms with Crippen molar-refractivity contribution in [2.24, 2.45) is 0 Å². The molecule has 1 aliphatic rings. The number of methoxy groups -OCH3 is 1. The molecule has 0 saturated heterocycles. The molecule has 0 fully saturated rings. The molecule has 0 aromatic rings. The zero-order valence-corrected chi connectivity index (χ0v) is 7.97. The van der Waals surface area contributed by atoms with Crippen molar-refractivity contribution in [2.45, 2.75) is 26.4 Å². The maximum atomic E-state index is 11.2. The second-order valence-corrected chi connectivity index (χ2v) is 3.26. The van der Waals surface area contributed by atoms with E-state index in [2.05, 4.69) is 0 Å². The second kappa shape index (κ2) is 3.01. The summed E-state index contributed by atoms with van der Waals surface area (Å²) >= 11 is 0. The SMILES string of the molecule is COC1(C)C=C[NH+]([O-])C(C)=C1C. The van der Waals surface area contributed by atoms with Gasteiger partial charge in [-0.15, -0.1) is 0 Å². The van der Waals surface area contributed by atoms with Gasteiger partial charge in [0.1, 0.15) is 11.3 Å². The van der Waals surface area contributed by atoms with Crippen molar-refractivity contribution in [2.75, 3.05) is 7.11 Å². The number of ether oxygens (including phenoxy) is 1. The molecule has 68 valence electrons. The van der Waals surface area contributed by atoms with E-state index in [9.17, 15) is 5.21 Å². The van der Waals surface area contributed by atoms with Gasteiger partial charge in [0, 0.05) is 25.7 Å². The Hall–Kier alpha value is -0.640. The lowest BCUT2D eigenvalue weighted by Crippen LogP contribution is -3.01. The average Bonchev–Trinajstić information content (AvgIpc) is 2.09. The predicted molar refractivity (Wildman–Crippen MR) is 47.3 cm³/mol. The van der Waals surface area contributed by atoms with Crippen LogP contribution in [0.15, 0.2) is 23.5 Å². The number of hydrogen-bond acceptors (Lipinski definition) is 2. The van der Waals surface area contributed by atoms with Crippen LogP contribution in [0, 0.1) is 5.21 Å². The highest BCUT2D eigenvalue weighted by Crippen LogP contribution is 2.24. The van der Waals surface area contributed by atoms with Crippen LogP contribution in [0.2, 0.25) is 0 Å². The smallest absolute Gasteiger partial charge is 0.115 e. The van der Waals surface area contributed by atoms with Crippen LogP contribution in [0.4, 0.5) is 0 Å². The van der Waals surface area contributed by atoms with E-state index < -0.39 is 5.60 Å². The number of hydrogen-bond donors (Lipinski definition) is 1. The average molecular weight is 169 g/mol. The lowest BCUT2D eigenvalue weighted by atomic mass is 9.93. The van der Waals surface area contributed by atoms with Gasteiger partial charge in [0.15, 0.2) is 0 Å². The van der Waals surface area contributed by atoms with E-state index >= 15 is 0 Å². The van der Waals surface area contributed by atoms with E-state index in [-0.39, 0.29) is 5.06 Å². The highest BCUT2D eigenvalue weighted by molar-refractivity contribution is 5.25. The van der Waals surface area contributed by atoms with Crippen LogP contribution < -0.4 is 5.06 Å². The number of quaternary nitrogens is 1. The lowest BCUT2D eigenvalue weighted by molar-refractivity contribution is -0.749. The molecule has 2 atom stereocenters. The summed E-state index contributed by atoms with van der Waals surface area (Å²) in [5.41, 5.74) is 1.40. The summed E-state index contributed by atoms with van der Waals surface area (Å²) in [6.07, 6.45) is 3.38. The number of hydroxylamine groups is 2. The van der Waals surface area contributed by atoms with E-state index in [1.165, 1.54) is 0 Å². The van der Waals surface area contributed by atoms with E-state index in [0.29, 0.717) is 0 Å². The Morgan fingerprint density at radius 3 is 2.58 bits per heavy atom. The molecule has 1 aliphatic heterocycles. The van der Waals surface area contributed by atoms with Gasteiger partial charge in [0.05, 0.1) is 6.20 Å². The zero-order chi connectivity index (χ0) is 9.35. The van der Waals surface area contributed by atoms with E-state index in [0.717, 1.165) is 11.3 Å². The molecule has 1 rings (SSSR count). The number of allylic oxidation sites excluding steroid dienone is 1. The van der Waals surface area contributed by atoms with E-state index in [1.807, 2.05) is 20.8 Å². The normalized spacial score (nSPS) is 35.9. The summed E-state index contributed by atoms with van der Waals surface area (Å²) in [5.74, 6) is 0. The van der Waals surface area contributed by atoms with Crippen LogP contribution in [-0.2, 0) is 4.74 Å². The van der Waals surface area contributed by atoms with Gasteiger partial charge in [-0.05, 0) is 13.8 Å². The quantitative estimate of drug-likeness (QED) is 0.583. The van der Waals surface area contributed by atoms with Crippen LogP contribution in [0.25, 0.3) is 0 Å². The first-order valence-corrected chi connectivity index (χ1v) is 3.98. The fourth-order valence-corrected chi connectivity index (χ4v) is 1.26. The van der Waals surface area contributed by atoms with E-state index in [1.54, 1.807) is 19.4 Å². The van der Waals surface area contributed by atoms with Gasteiger partial charge >= 0.3 is 0 Å². The summed E-state index contributed by atoms with van der Waals surface area (Å²) < 4.78 is 5.31. The van der Waals surface area contributed by atoms with E-state index in [4.69, 9.17) is 4.74 Å². The van der Waals surface area contributed by atoms with Crippen molar-refractivity contribution in [1.29, 1.82) is 0 Å². The molecule has 0 amide bonds. The Bertz CT molecular complexity index is 245. The zero-order valence-electron chi connectivity index (χ0n) is 7.97. The Labute approximate surface area is 72.9 Å². The molecule has 12 heavy (non-hydrogen) atoms. The largest absolute Gasteiger partial charge is 0.624 e. The highest BCUT2D eigenvalue weighted by atomic mass is 16.5. The van der Waals surface area contributed by atoms with Gasteiger partial charge < -0.3 is 15.0 Å². The summed E-state index contributed by atoms with van der Waals surface area (Å²) in [6.45, 7) is 5.72. The maximum Gasteiger partial charge on any atom is 0.115 e. The van der Waals surface area contributed by atoms with Crippen LogP contribution in [0.1, 0.15) is 20.8 Å². The van der Waals surface area contributed by atoms with Crippen LogP contribution in [-0.4, -0.2) is 12.7 Å². The van der Waals surface area contributed by atoms with Crippen LogP contribution >= 0.6 is 0 Å². The standard InChI is InChI=1S/C9H15NO2/c1-7-8(2)10(11)6-5-9(7,3)12-4/h5-6,10H,1-4H3. The van der Waals surface area contributed by atoms with Crippen LogP contribution in [0.3, 0.4) is 0 Å². The van der Waals surface area contributed by atoms with Gasteiger partial charge in [-0.1, -0.05) is 0 Å². The minimum absolute atomic E-state index is 0.0852. The third-order valence-electron chi connectivity index (χ3n) is 2.65. The first-order valence-electron chi connectivity index (χ1n) is 3.98. The van der Waals surface area contributed by atoms with Crippen LogP contribution in [0.5, 0.6) is 0 Å². The molecular formula is C9H15NO2. The fourth-order valence-electron chi connectivity index (χ4n) is 1.26. The summed E-state index contributed by atoms with van der Waals surface area (Å²) in [4.78, 5) is 0. The first-order chi connectivity index (χ1) is 5.51. The summed E-state index contributed by atoms with van der Waals surface area (Å²) in [7, 11) is 1.65. The monoisotopic (exact) mass is 169 g/mol. The molecule has 1 heterocycles. The minimum atomic E-state index is -0.391. The first kappa shape index (κ1) is 9.45. The third-order valence-corrected chi connectivity index (χ3v) is 2.65. The predicted octanol–water partition coefficient (Wildman–Crippen LogP) is 0.595. The van der Waals surface area contributed by atoms with Crippen molar-refractivity contribution < 1.29 is 9.80 Å². The molecule has 0 spiro atoms. The second-order valence-electron chi connectivity index (χ2n) is 3.26. The summed E-state index contributed by atoms with van der Waals surface area (Å²) in [6, 6.07) is 0. The molecule has 1 N–H and O–H groups in total. The third kappa shape index (κ3) is 1.31. The Balaban J connectivity index is 3.04. The summed E-state index contributed by atoms with van der Waals surface area (Å²) in [5, 5.41) is 11.3. The maximum absolute atomic E-state index is 11.2. The number of nitrogens with one attached hydrogen (secondary N) is 1. The molecular weight excluding hydrogens is 154 g/mol. The molecule has 0 saturated carbocycles. The topological polar surface area (TPSA) is 36.7 Å². The van der Waals surface area contributed by atoms with Crippen molar-refractivity contribution >= 4 is 0 Å². The fraction of sp³-hybridized carbons (Fsp3) is 0.556. The van der Waals surface area contributed by atoms with Gasteiger partial charge in [0.25, 0.3) is 0 Å². The minimum Gasteiger partial charge on any atom is -0.624 e. The Morgan fingerprint density at radius 2 is 2.08 bits per heavy atom. The lowest BCUT2D eigenvalue weighted by Gasteiger charge is -2.33. The van der Waals surface area contributed by atoms with Crippen molar-refractivity contribution in [1.82, 2.24) is 0 Å². The highest BCUT2D eigenvalue weighted by Gasteiger charge is 2.30. The van der Waals surface area contributed by atoms with Crippen molar-refractivity contribution in [3.8, 4) is 0 Å². The van der Waals surface area contributed by atoms with Gasteiger partial charge in [0.2, 0.25) is 0 Å². The Morgan fingerprint density at radius 1 is 1.50 bits per heavy atom.